The predicted molar refractivity (Wildman–Crippen MR) is 83.1 cm³/mol. The minimum atomic E-state index is -0.281. The van der Waals surface area contributed by atoms with Crippen LogP contribution in [-0.4, -0.2) is 23.0 Å². The summed E-state index contributed by atoms with van der Waals surface area (Å²) in [6.45, 7) is 2.00. The lowest BCUT2D eigenvalue weighted by Gasteiger charge is -2.05. The average molecular weight is 299 g/mol. The molecular weight excluding hydrogens is 286 g/mol. The Morgan fingerprint density at radius 1 is 1.29 bits per heavy atom. The van der Waals surface area contributed by atoms with Crippen LogP contribution in [0.4, 0.5) is 5.13 Å². The van der Waals surface area contributed by atoms with Crippen LogP contribution in [0.2, 0.25) is 0 Å². The van der Waals surface area contributed by atoms with Crippen molar-refractivity contribution in [2.24, 2.45) is 0 Å². The number of anilines is 1. The molecule has 106 valence electrons. The predicted octanol–water partition coefficient (Wildman–Crippen LogP) is 3.26. The molecule has 0 aliphatic rings. The summed E-state index contributed by atoms with van der Waals surface area (Å²) < 4.78 is 6.14. The van der Waals surface area contributed by atoms with Crippen molar-refractivity contribution in [1.29, 1.82) is 0 Å². The van der Waals surface area contributed by atoms with Gasteiger partial charge in [0.2, 0.25) is 5.88 Å². The van der Waals surface area contributed by atoms with E-state index < -0.39 is 0 Å². The highest BCUT2D eigenvalue weighted by Gasteiger charge is 2.15. The monoisotopic (exact) mass is 299 g/mol. The van der Waals surface area contributed by atoms with E-state index in [1.54, 1.807) is 18.3 Å². The third-order valence-corrected chi connectivity index (χ3v) is 3.99. The molecule has 0 bridgehead atoms. The maximum atomic E-state index is 12.3. The fraction of sp³-hybridized carbons (Fsp3) is 0.133. The van der Waals surface area contributed by atoms with Gasteiger partial charge in [-0.25, -0.2) is 9.97 Å². The van der Waals surface area contributed by atoms with Crippen molar-refractivity contribution in [3.05, 3.63) is 47.7 Å². The van der Waals surface area contributed by atoms with Crippen LogP contribution >= 0.6 is 11.3 Å². The highest BCUT2D eigenvalue weighted by atomic mass is 32.1. The Morgan fingerprint density at radius 2 is 2.14 bits per heavy atom. The molecule has 6 heteroatoms. The molecule has 0 fully saturated rings. The van der Waals surface area contributed by atoms with Crippen molar-refractivity contribution < 1.29 is 9.53 Å². The molecule has 2 heterocycles. The average Bonchev–Trinajstić information content (AvgIpc) is 2.91. The van der Waals surface area contributed by atoms with Crippen molar-refractivity contribution >= 4 is 32.6 Å². The molecule has 0 atom stereocenters. The SMILES string of the molecule is COc1ncccc1C(=O)Nc1nc2c(C)cccc2s1. The van der Waals surface area contributed by atoms with E-state index in [4.69, 9.17) is 4.74 Å². The molecule has 0 saturated carbocycles. The molecule has 2 aromatic heterocycles. The number of rotatable bonds is 3. The Hall–Kier alpha value is -2.47. The number of aromatic nitrogens is 2. The zero-order valence-corrected chi connectivity index (χ0v) is 12.4. The number of hydrogen-bond acceptors (Lipinski definition) is 5. The van der Waals surface area contributed by atoms with Crippen LogP contribution in [0, 0.1) is 6.92 Å². The number of nitrogens with zero attached hydrogens (tertiary/aromatic N) is 2. The molecule has 0 spiro atoms. The number of amides is 1. The number of carbonyl (C=O) groups is 1. The van der Waals surface area contributed by atoms with Crippen molar-refractivity contribution in [2.75, 3.05) is 12.4 Å². The second-order valence-electron chi connectivity index (χ2n) is 4.46. The quantitative estimate of drug-likeness (QED) is 0.806. The van der Waals surface area contributed by atoms with Gasteiger partial charge in [0, 0.05) is 6.20 Å². The molecule has 21 heavy (non-hydrogen) atoms. The van der Waals surface area contributed by atoms with E-state index in [1.165, 1.54) is 18.4 Å². The number of methoxy groups -OCH3 is 1. The van der Waals surface area contributed by atoms with E-state index in [0.29, 0.717) is 16.6 Å². The third kappa shape index (κ3) is 2.57. The van der Waals surface area contributed by atoms with Gasteiger partial charge in [0.1, 0.15) is 5.56 Å². The molecule has 5 nitrogen and oxygen atoms in total. The molecule has 3 rings (SSSR count). The summed E-state index contributed by atoms with van der Waals surface area (Å²) in [7, 11) is 1.49. The first-order valence-corrected chi connectivity index (χ1v) is 7.17. The molecule has 0 aliphatic carbocycles. The van der Waals surface area contributed by atoms with Crippen LogP contribution in [0.3, 0.4) is 0 Å². The number of fused-ring (bicyclic) bond motifs is 1. The second-order valence-corrected chi connectivity index (χ2v) is 5.49. The molecule has 0 aliphatic heterocycles. The Bertz CT molecular complexity index is 814. The first kappa shape index (κ1) is 13.5. The summed E-state index contributed by atoms with van der Waals surface area (Å²) in [4.78, 5) is 20.8. The highest BCUT2D eigenvalue weighted by Crippen LogP contribution is 2.28. The van der Waals surface area contributed by atoms with E-state index >= 15 is 0 Å². The maximum absolute atomic E-state index is 12.3. The van der Waals surface area contributed by atoms with Crippen LogP contribution in [0.25, 0.3) is 10.2 Å². The number of ether oxygens (including phenoxy) is 1. The molecule has 0 radical (unpaired) electrons. The van der Waals surface area contributed by atoms with Gasteiger partial charge < -0.3 is 4.74 Å². The molecule has 1 amide bonds. The standard InChI is InChI=1S/C15H13N3O2S/c1-9-5-3-7-11-12(9)17-15(21-11)18-13(19)10-6-4-8-16-14(10)20-2/h3-8H,1-2H3,(H,17,18,19). The zero-order valence-electron chi connectivity index (χ0n) is 11.6. The fourth-order valence-electron chi connectivity index (χ4n) is 2.03. The molecule has 0 unspecified atom stereocenters. The molecule has 1 N–H and O–H groups in total. The number of hydrogen-bond donors (Lipinski definition) is 1. The fourth-order valence-corrected chi connectivity index (χ4v) is 2.97. The van der Waals surface area contributed by atoms with E-state index in [1.807, 2.05) is 25.1 Å². The van der Waals surface area contributed by atoms with Gasteiger partial charge in [-0.3, -0.25) is 10.1 Å². The molecule has 1 aromatic carbocycles. The lowest BCUT2D eigenvalue weighted by atomic mass is 10.2. The molecule has 0 saturated heterocycles. The van der Waals surface area contributed by atoms with Crippen LogP contribution in [0.5, 0.6) is 5.88 Å². The minimum Gasteiger partial charge on any atom is -0.480 e. The summed E-state index contributed by atoms with van der Waals surface area (Å²) >= 11 is 1.44. The van der Waals surface area contributed by atoms with Gasteiger partial charge in [-0.15, -0.1) is 0 Å². The van der Waals surface area contributed by atoms with Crippen molar-refractivity contribution in [3.8, 4) is 5.88 Å². The number of para-hydroxylation sites is 1. The van der Waals surface area contributed by atoms with Gasteiger partial charge >= 0.3 is 0 Å². The Morgan fingerprint density at radius 3 is 2.90 bits per heavy atom. The topological polar surface area (TPSA) is 64.1 Å². The summed E-state index contributed by atoms with van der Waals surface area (Å²) in [5, 5.41) is 3.36. The van der Waals surface area contributed by atoms with Gasteiger partial charge in [0.15, 0.2) is 5.13 Å². The lowest BCUT2D eigenvalue weighted by Crippen LogP contribution is -2.13. The van der Waals surface area contributed by atoms with E-state index in [0.717, 1.165) is 15.8 Å². The van der Waals surface area contributed by atoms with Crippen LogP contribution < -0.4 is 10.1 Å². The van der Waals surface area contributed by atoms with Gasteiger partial charge in [-0.2, -0.15) is 0 Å². The normalized spacial score (nSPS) is 10.6. The van der Waals surface area contributed by atoms with E-state index in [2.05, 4.69) is 15.3 Å². The molecular formula is C15H13N3O2S. The lowest BCUT2D eigenvalue weighted by molar-refractivity contribution is 0.102. The Kier molecular flexibility index (Phi) is 3.53. The summed E-state index contributed by atoms with van der Waals surface area (Å²) in [6.07, 6.45) is 1.58. The summed E-state index contributed by atoms with van der Waals surface area (Å²) in [6, 6.07) is 9.32. The summed E-state index contributed by atoms with van der Waals surface area (Å²) in [5.74, 6) is 0.0175. The first-order valence-electron chi connectivity index (χ1n) is 6.35. The van der Waals surface area contributed by atoms with Gasteiger partial charge in [-0.05, 0) is 30.7 Å². The van der Waals surface area contributed by atoms with Crippen molar-refractivity contribution in [1.82, 2.24) is 9.97 Å². The second kappa shape index (κ2) is 5.49. The largest absolute Gasteiger partial charge is 0.480 e. The number of pyridine rings is 1. The number of benzene rings is 1. The highest BCUT2D eigenvalue weighted by molar-refractivity contribution is 7.22. The third-order valence-electron chi connectivity index (χ3n) is 3.05. The number of thiazole rings is 1. The van der Waals surface area contributed by atoms with Gasteiger partial charge in [-0.1, -0.05) is 23.5 Å². The van der Waals surface area contributed by atoms with Crippen LogP contribution in [-0.2, 0) is 0 Å². The Labute approximate surface area is 125 Å². The van der Waals surface area contributed by atoms with Gasteiger partial charge in [0.05, 0.1) is 17.3 Å². The van der Waals surface area contributed by atoms with Crippen molar-refractivity contribution in [3.63, 3.8) is 0 Å². The smallest absolute Gasteiger partial charge is 0.262 e. The Balaban J connectivity index is 1.91. The van der Waals surface area contributed by atoms with E-state index in [9.17, 15) is 4.79 Å². The number of aryl methyl sites for hydroxylation is 1. The van der Waals surface area contributed by atoms with Crippen LogP contribution in [0.15, 0.2) is 36.5 Å². The zero-order chi connectivity index (χ0) is 14.8. The first-order chi connectivity index (χ1) is 10.2. The molecule has 3 aromatic rings. The minimum absolute atomic E-state index is 0.281. The van der Waals surface area contributed by atoms with Crippen molar-refractivity contribution in [2.45, 2.75) is 6.92 Å². The van der Waals surface area contributed by atoms with Gasteiger partial charge in [0.25, 0.3) is 5.91 Å². The maximum Gasteiger partial charge on any atom is 0.262 e. The van der Waals surface area contributed by atoms with Crippen LogP contribution in [0.1, 0.15) is 15.9 Å². The van der Waals surface area contributed by atoms with E-state index in [-0.39, 0.29) is 5.91 Å². The number of carbonyl (C=O) groups excluding carboxylic acids is 1. The number of nitrogens with one attached hydrogen (secondary N) is 1. The summed E-state index contributed by atoms with van der Waals surface area (Å²) in [5.41, 5.74) is 2.38.